The number of ketones is 1. The van der Waals surface area contributed by atoms with Gasteiger partial charge in [-0.05, 0) is 37.3 Å². The van der Waals surface area contributed by atoms with E-state index in [1.165, 1.54) is 32.1 Å². The first-order chi connectivity index (χ1) is 18.0. The fraction of sp³-hybridized carbons (Fsp3) is 0.607. The van der Waals surface area contributed by atoms with Crippen molar-refractivity contribution in [2.75, 3.05) is 26.3 Å². The minimum atomic E-state index is -0.799. The Balaban J connectivity index is 1.41. The molecule has 37 heavy (non-hydrogen) atoms. The third kappa shape index (κ3) is 7.47. The lowest BCUT2D eigenvalue weighted by Crippen LogP contribution is -2.46. The predicted octanol–water partition coefficient (Wildman–Crippen LogP) is 4.04. The Bertz CT molecular complexity index is 1030. The number of nitrogens with one attached hydrogen (secondary N) is 1. The third-order valence-corrected chi connectivity index (χ3v) is 7.50. The number of carbonyl (C=O) groups is 3. The Morgan fingerprint density at radius 1 is 1.05 bits per heavy atom. The molecule has 2 fully saturated rings. The van der Waals surface area contributed by atoms with Gasteiger partial charge < -0.3 is 19.4 Å². The highest BCUT2D eigenvalue weighted by Crippen LogP contribution is 2.30. The zero-order valence-electron chi connectivity index (χ0n) is 21.7. The van der Waals surface area contributed by atoms with Gasteiger partial charge in [-0.15, -0.1) is 10.2 Å². The molecule has 2 heterocycles. The van der Waals surface area contributed by atoms with E-state index in [-0.39, 0.29) is 30.0 Å². The molecule has 200 valence electrons. The molecule has 1 aromatic carbocycles. The van der Waals surface area contributed by atoms with Crippen LogP contribution in [0, 0.1) is 11.8 Å². The van der Waals surface area contributed by atoms with Crippen LogP contribution in [-0.2, 0) is 14.3 Å². The molecule has 1 aliphatic heterocycles. The number of aromatic nitrogens is 2. The molecule has 4 rings (SSSR count). The predicted molar refractivity (Wildman–Crippen MR) is 138 cm³/mol. The summed E-state index contributed by atoms with van der Waals surface area (Å²) in [7, 11) is 0. The summed E-state index contributed by atoms with van der Waals surface area (Å²) in [6.07, 6.45) is 8.18. The summed E-state index contributed by atoms with van der Waals surface area (Å²) >= 11 is 0. The SMILES string of the molecule is CCC(NC(=O)C(CCC1CCCCC1)CC(=O)N1CCOCC1)C(=O)c1nnc(-c2ccccc2)o1. The van der Waals surface area contributed by atoms with Crippen LogP contribution in [-0.4, -0.2) is 65.0 Å². The largest absolute Gasteiger partial charge is 0.414 e. The van der Waals surface area contributed by atoms with Crippen molar-refractivity contribution >= 4 is 17.6 Å². The Morgan fingerprint density at radius 3 is 2.49 bits per heavy atom. The van der Waals surface area contributed by atoms with Crippen molar-refractivity contribution in [3.8, 4) is 11.5 Å². The second-order valence-corrected chi connectivity index (χ2v) is 10.1. The van der Waals surface area contributed by atoms with Crippen molar-refractivity contribution in [2.45, 2.75) is 70.8 Å². The molecular formula is C28H38N4O5. The fourth-order valence-corrected chi connectivity index (χ4v) is 5.20. The first-order valence-corrected chi connectivity index (χ1v) is 13.6. The number of amides is 2. The number of hydrogen-bond donors (Lipinski definition) is 1. The van der Waals surface area contributed by atoms with Crippen LogP contribution in [0.1, 0.15) is 75.4 Å². The van der Waals surface area contributed by atoms with Crippen molar-refractivity contribution in [2.24, 2.45) is 11.8 Å². The van der Waals surface area contributed by atoms with Crippen LogP contribution in [0.3, 0.4) is 0 Å². The summed E-state index contributed by atoms with van der Waals surface area (Å²) in [5.74, 6) is -0.476. The molecule has 0 spiro atoms. The van der Waals surface area contributed by atoms with E-state index in [0.717, 1.165) is 12.0 Å². The van der Waals surface area contributed by atoms with E-state index >= 15 is 0 Å². The first kappa shape index (κ1) is 27.0. The molecule has 1 saturated heterocycles. The lowest BCUT2D eigenvalue weighted by atomic mass is 9.83. The van der Waals surface area contributed by atoms with Crippen LogP contribution < -0.4 is 5.32 Å². The van der Waals surface area contributed by atoms with Crippen LogP contribution in [0.2, 0.25) is 0 Å². The van der Waals surface area contributed by atoms with Gasteiger partial charge in [-0.3, -0.25) is 14.4 Å². The van der Waals surface area contributed by atoms with Gasteiger partial charge in [0.2, 0.25) is 23.5 Å². The molecular weight excluding hydrogens is 472 g/mol. The number of carbonyl (C=O) groups excluding carboxylic acids is 3. The average Bonchev–Trinajstić information content (AvgIpc) is 3.45. The molecule has 1 N–H and O–H groups in total. The van der Waals surface area contributed by atoms with Gasteiger partial charge in [-0.2, -0.15) is 0 Å². The number of morpholine rings is 1. The maximum atomic E-state index is 13.4. The lowest BCUT2D eigenvalue weighted by Gasteiger charge is -2.29. The number of nitrogens with zero attached hydrogens (tertiary/aromatic N) is 3. The summed E-state index contributed by atoms with van der Waals surface area (Å²) in [6.45, 7) is 3.96. The number of rotatable bonds is 11. The molecule has 1 aliphatic carbocycles. The standard InChI is InChI=1S/C28H38N4O5/c1-2-23(25(34)28-31-30-27(37-28)21-11-7-4-8-12-21)29-26(35)22(14-13-20-9-5-3-6-10-20)19-24(33)32-15-17-36-18-16-32/h4,7-8,11-12,20,22-23H,2-3,5-6,9-10,13-19H2,1H3,(H,29,35). The van der Waals surface area contributed by atoms with Crippen molar-refractivity contribution in [1.29, 1.82) is 0 Å². The summed E-state index contributed by atoms with van der Waals surface area (Å²) in [6, 6.07) is 8.42. The van der Waals surface area contributed by atoms with E-state index in [2.05, 4.69) is 15.5 Å². The van der Waals surface area contributed by atoms with Crippen molar-refractivity contribution in [3.05, 3.63) is 36.2 Å². The normalized spacial score (nSPS) is 18.2. The summed E-state index contributed by atoms with van der Waals surface area (Å²) in [4.78, 5) is 41.4. The van der Waals surface area contributed by atoms with Crippen LogP contribution in [0.4, 0.5) is 0 Å². The molecule has 9 heteroatoms. The van der Waals surface area contributed by atoms with Crippen LogP contribution in [0.25, 0.3) is 11.5 Å². The monoisotopic (exact) mass is 510 g/mol. The second kappa shape index (κ2) is 13.5. The minimum Gasteiger partial charge on any atom is -0.414 e. The van der Waals surface area contributed by atoms with Gasteiger partial charge in [-0.1, -0.05) is 57.2 Å². The van der Waals surface area contributed by atoms with Gasteiger partial charge >= 0.3 is 0 Å². The molecule has 0 bridgehead atoms. The molecule has 2 unspecified atom stereocenters. The van der Waals surface area contributed by atoms with Gasteiger partial charge in [0, 0.05) is 31.0 Å². The van der Waals surface area contributed by atoms with E-state index in [0.29, 0.717) is 45.1 Å². The van der Waals surface area contributed by atoms with Gasteiger partial charge in [0.15, 0.2) is 0 Å². The summed E-state index contributed by atoms with van der Waals surface area (Å²) in [5, 5.41) is 10.8. The highest BCUT2D eigenvalue weighted by atomic mass is 16.5. The lowest BCUT2D eigenvalue weighted by molar-refractivity contribution is -0.139. The number of benzene rings is 1. The molecule has 2 aromatic rings. The highest BCUT2D eigenvalue weighted by Gasteiger charge is 2.31. The van der Waals surface area contributed by atoms with E-state index in [1.54, 1.807) is 4.90 Å². The molecule has 2 atom stereocenters. The van der Waals surface area contributed by atoms with Gasteiger partial charge in [-0.25, -0.2) is 0 Å². The molecule has 1 aromatic heterocycles. The zero-order chi connectivity index (χ0) is 26.0. The maximum absolute atomic E-state index is 13.4. The van der Waals surface area contributed by atoms with Crippen LogP contribution in [0.5, 0.6) is 0 Å². The zero-order valence-corrected chi connectivity index (χ0v) is 21.7. The minimum absolute atomic E-state index is 0.0316. The van der Waals surface area contributed by atoms with E-state index < -0.39 is 17.7 Å². The highest BCUT2D eigenvalue weighted by molar-refractivity contribution is 5.99. The van der Waals surface area contributed by atoms with E-state index in [9.17, 15) is 14.4 Å². The van der Waals surface area contributed by atoms with Crippen LogP contribution >= 0.6 is 0 Å². The third-order valence-electron chi connectivity index (χ3n) is 7.50. The van der Waals surface area contributed by atoms with Gasteiger partial charge in [0.05, 0.1) is 19.3 Å². The van der Waals surface area contributed by atoms with E-state index in [1.807, 2.05) is 37.3 Å². The summed E-state index contributed by atoms with van der Waals surface area (Å²) in [5.41, 5.74) is 0.718. The molecule has 9 nitrogen and oxygen atoms in total. The molecule has 1 saturated carbocycles. The number of hydrogen-bond acceptors (Lipinski definition) is 7. The molecule has 0 radical (unpaired) electrons. The van der Waals surface area contributed by atoms with Crippen molar-refractivity contribution in [1.82, 2.24) is 20.4 Å². The fourth-order valence-electron chi connectivity index (χ4n) is 5.20. The quantitative estimate of drug-likeness (QED) is 0.454. The first-order valence-electron chi connectivity index (χ1n) is 13.6. The van der Waals surface area contributed by atoms with Crippen molar-refractivity contribution in [3.63, 3.8) is 0 Å². The topological polar surface area (TPSA) is 115 Å². The number of ether oxygens (including phenoxy) is 1. The Morgan fingerprint density at radius 2 is 1.78 bits per heavy atom. The second-order valence-electron chi connectivity index (χ2n) is 10.1. The number of Topliss-reactive ketones (excluding diaryl/α,β-unsaturated/α-hetero) is 1. The van der Waals surface area contributed by atoms with Gasteiger partial charge in [0.1, 0.15) is 0 Å². The molecule has 2 amide bonds. The van der Waals surface area contributed by atoms with E-state index in [4.69, 9.17) is 9.15 Å². The van der Waals surface area contributed by atoms with Crippen LogP contribution in [0.15, 0.2) is 34.7 Å². The smallest absolute Gasteiger partial charge is 0.286 e. The Kier molecular flexibility index (Phi) is 9.82. The Labute approximate surface area is 218 Å². The average molecular weight is 511 g/mol. The molecule has 2 aliphatic rings. The van der Waals surface area contributed by atoms with Crippen molar-refractivity contribution < 1.29 is 23.5 Å². The van der Waals surface area contributed by atoms with Gasteiger partial charge in [0.25, 0.3) is 5.89 Å². The maximum Gasteiger partial charge on any atom is 0.286 e. The Hall–Kier alpha value is -3.07. The summed E-state index contributed by atoms with van der Waals surface area (Å²) < 4.78 is 11.0.